The van der Waals surface area contributed by atoms with E-state index in [4.69, 9.17) is 11.6 Å². The van der Waals surface area contributed by atoms with Crippen molar-refractivity contribution in [2.75, 3.05) is 10.6 Å². The fourth-order valence-electron chi connectivity index (χ4n) is 4.72. The van der Waals surface area contributed by atoms with Crippen molar-refractivity contribution < 1.29 is 9.59 Å². The van der Waals surface area contributed by atoms with Crippen LogP contribution in [0.4, 0.5) is 17.3 Å². The van der Waals surface area contributed by atoms with Crippen LogP contribution in [0.25, 0.3) is 11.0 Å². The maximum atomic E-state index is 12.7. The van der Waals surface area contributed by atoms with E-state index in [1.807, 2.05) is 60.7 Å². The molecular formula is C31H25BrClN5O2. The molecule has 7 nitrogen and oxygen atoms in total. The smallest absolute Gasteiger partial charge is 0.255 e. The highest BCUT2D eigenvalue weighted by atomic mass is 79.9. The molecule has 0 unspecified atom stereocenters. The van der Waals surface area contributed by atoms with Gasteiger partial charge in [-0.05, 0) is 78.1 Å². The van der Waals surface area contributed by atoms with Gasteiger partial charge < -0.3 is 20.9 Å². The first-order valence-electron chi connectivity index (χ1n) is 12.9. The van der Waals surface area contributed by atoms with Crippen LogP contribution in [0.5, 0.6) is 0 Å². The lowest BCUT2D eigenvalue weighted by Gasteiger charge is -2.10. The van der Waals surface area contributed by atoms with Gasteiger partial charge in [0.05, 0.1) is 21.7 Å². The number of fused-ring (bicyclic) bond motifs is 1. The van der Waals surface area contributed by atoms with Gasteiger partial charge >= 0.3 is 0 Å². The molecule has 5 aromatic rings. The van der Waals surface area contributed by atoms with E-state index < -0.39 is 0 Å². The molecular weight excluding hydrogens is 590 g/mol. The number of rotatable bonds is 8. The quantitative estimate of drug-likeness (QED) is 0.146. The topological polar surface area (TPSA) is 98.9 Å². The van der Waals surface area contributed by atoms with Crippen LogP contribution in [0.3, 0.4) is 0 Å². The van der Waals surface area contributed by atoms with Gasteiger partial charge in [-0.15, -0.1) is 0 Å². The lowest BCUT2D eigenvalue weighted by atomic mass is 10.1. The Labute approximate surface area is 244 Å². The van der Waals surface area contributed by atoms with E-state index in [1.54, 1.807) is 18.2 Å². The molecule has 4 N–H and O–H groups in total. The largest absolute Gasteiger partial charge is 0.352 e. The number of carbonyl (C=O) groups is 2. The number of anilines is 3. The number of halogens is 2. The molecule has 2 atom stereocenters. The third-order valence-corrected chi connectivity index (χ3v) is 7.81. The van der Waals surface area contributed by atoms with Crippen LogP contribution in [0.1, 0.15) is 33.8 Å². The summed E-state index contributed by atoms with van der Waals surface area (Å²) >= 11 is 9.85. The minimum atomic E-state index is -0.221. The van der Waals surface area contributed by atoms with Crippen LogP contribution >= 0.6 is 27.5 Å². The fraction of sp³-hybridized carbons (Fsp3) is 0.129. The first-order chi connectivity index (χ1) is 19.4. The number of amides is 2. The van der Waals surface area contributed by atoms with Crippen molar-refractivity contribution in [3.8, 4) is 0 Å². The molecule has 1 aromatic heterocycles. The molecule has 1 fully saturated rings. The lowest BCUT2D eigenvalue weighted by molar-refractivity contribution is -0.122. The standard InChI is InChI=1S/C31H25BrClN5O2/c32-21-8-10-22(11-9-21)35-29(39)20-7-13-26-28(15-20)38-31(36-26)37-27-14-18(6-12-25(27)33)17-34-30(40)24-16-23(24)19-4-2-1-3-5-19/h1-15,23-24H,16-17H2,(H,34,40)(H,35,39)(H2,36,37,38)/t23-,24+/m0/s1. The molecule has 0 bridgehead atoms. The van der Waals surface area contributed by atoms with E-state index in [-0.39, 0.29) is 17.7 Å². The maximum absolute atomic E-state index is 12.7. The zero-order chi connectivity index (χ0) is 27.6. The molecule has 1 saturated carbocycles. The van der Waals surface area contributed by atoms with Crippen molar-refractivity contribution >= 4 is 67.7 Å². The van der Waals surface area contributed by atoms with Crippen molar-refractivity contribution in [2.45, 2.75) is 18.9 Å². The Bertz CT molecular complexity index is 1700. The van der Waals surface area contributed by atoms with Gasteiger partial charge in [-0.25, -0.2) is 4.98 Å². The lowest BCUT2D eigenvalue weighted by Crippen LogP contribution is -2.24. The molecule has 6 rings (SSSR count). The second kappa shape index (κ2) is 11.2. The van der Waals surface area contributed by atoms with Gasteiger partial charge in [0, 0.05) is 28.2 Å². The van der Waals surface area contributed by atoms with E-state index in [0.717, 1.165) is 22.0 Å². The molecule has 1 aliphatic rings. The van der Waals surface area contributed by atoms with Crippen LogP contribution in [-0.2, 0) is 11.3 Å². The number of carbonyl (C=O) groups excluding carboxylic acids is 2. The number of aromatic amines is 1. The van der Waals surface area contributed by atoms with E-state index in [2.05, 4.69) is 54.0 Å². The van der Waals surface area contributed by atoms with Crippen LogP contribution in [0.15, 0.2) is 95.5 Å². The molecule has 1 aliphatic carbocycles. The second-order valence-corrected chi connectivity index (χ2v) is 11.1. The summed E-state index contributed by atoms with van der Waals surface area (Å²) in [5, 5.41) is 9.70. The van der Waals surface area contributed by atoms with Crippen LogP contribution in [0.2, 0.25) is 5.02 Å². The monoisotopic (exact) mass is 613 g/mol. The van der Waals surface area contributed by atoms with E-state index in [0.29, 0.717) is 45.9 Å². The predicted octanol–water partition coefficient (Wildman–Crippen LogP) is 7.39. The van der Waals surface area contributed by atoms with Gasteiger partial charge in [-0.1, -0.05) is 63.9 Å². The average molecular weight is 615 g/mol. The van der Waals surface area contributed by atoms with Gasteiger partial charge in [-0.3, -0.25) is 9.59 Å². The number of nitrogens with one attached hydrogen (secondary N) is 4. The number of nitrogens with zero attached hydrogens (tertiary/aromatic N) is 1. The summed E-state index contributed by atoms with van der Waals surface area (Å²) in [7, 11) is 0. The molecule has 0 spiro atoms. The predicted molar refractivity (Wildman–Crippen MR) is 162 cm³/mol. The maximum Gasteiger partial charge on any atom is 0.255 e. The summed E-state index contributed by atoms with van der Waals surface area (Å²) in [6, 6.07) is 28.4. The Kier molecular flexibility index (Phi) is 7.28. The number of hydrogen-bond donors (Lipinski definition) is 4. The van der Waals surface area contributed by atoms with Crippen molar-refractivity contribution in [1.82, 2.24) is 15.3 Å². The van der Waals surface area contributed by atoms with E-state index >= 15 is 0 Å². The van der Waals surface area contributed by atoms with Crippen LogP contribution in [-0.4, -0.2) is 21.8 Å². The molecule has 9 heteroatoms. The molecule has 200 valence electrons. The highest BCUT2D eigenvalue weighted by molar-refractivity contribution is 9.10. The van der Waals surface area contributed by atoms with Gasteiger partial charge in [0.2, 0.25) is 11.9 Å². The normalized spacial score (nSPS) is 15.9. The Morgan fingerprint density at radius 3 is 2.58 bits per heavy atom. The Hall–Kier alpha value is -4.14. The Morgan fingerprint density at radius 2 is 1.77 bits per heavy atom. The van der Waals surface area contributed by atoms with Gasteiger partial charge in [-0.2, -0.15) is 0 Å². The summed E-state index contributed by atoms with van der Waals surface area (Å²) in [5.41, 5.74) is 5.41. The number of H-pyrrole nitrogens is 1. The summed E-state index contributed by atoms with van der Waals surface area (Å²) in [5.74, 6) is 0.650. The minimum Gasteiger partial charge on any atom is -0.352 e. The average Bonchev–Trinajstić information content (AvgIpc) is 3.67. The van der Waals surface area contributed by atoms with Gasteiger partial charge in [0.1, 0.15) is 0 Å². The van der Waals surface area contributed by atoms with Gasteiger partial charge in [0.25, 0.3) is 5.91 Å². The molecule has 1 heterocycles. The number of hydrogen-bond acceptors (Lipinski definition) is 4. The molecule has 4 aromatic carbocycles. The minimum absolute atomic E-state index is 0.0182. The number of aromatic nitrogens is 2. The van der Waals surface area contributed by atoms with Crippen molar-refractivity contribution in [1.29, 1.82) is 0 Å². The SMILES string of the molecule is O=C(Nc1ccc(Br)cc1)c1ccc2[nH]c(Nc3cc(CNC(=O)[C@@H]4C[C@H]4c4ccccc4)ccc3Cl)nc2c1. The molecule has 2 amide bonds. The Morgan fingerprint density at radius 1 is 0.975 bits per heavy atom. The summed E-state index contributed by atoms with van der Waals surface area (Å²) in [4.78, 5) is 33.3. The number of imidazole rings is 1. The highest BCUT2D eigenvalue weighted by Crippen LogP contribution is 2.47. The molecule has 0 aliphatic heterocycles. The van der Waals surface area contributed by atoms with Crippen molar-refractivity contribution in [3.05, 3.63) is 117 Å². The van der Waals surface area contributed by atoms with Crippen molar-refractivity contribution in [3.63, 3.8) is 0 Å². The number of benzene rings is 4. The molecule has 40 heavy (non-hydrogen) atoms. The summed E-state index contributed by atoms with van der Waals surface area (Å²) < 4.78 is 0.939. The third kappa shape index (κ3) is 5.88. The Balaban J connectivity index is 1.10. The second-order valence-electron chi connectivity index (χ2n) is 9.79. The first kappa shape index (κ1) is 26.1. The van der Waals surface area contributed by atoms with Crippen LogP contribution in [0, 0.1) is 5.92 Å². The highest BCUT2D eigenvalue weighted by Gasteiger charge is 2.43. The van der Waals surface area contributed by atoms with E-state index in [9.17, 15) is 9.59 Å². The third-order valence-electron chi connectivity index (χ3n) is 6.95. The molecule has 0 saturated heterocycles. The first-order valence-corrected chi connectivity index (χ1v) is 14.0. The zero-order valence-electron chi connectivity index (χ0n) is 21.2. The van der Waals surface area contributed by atoms with Gasteiger partial charge in [0.15, 0.2) is 0 Å². The van der Waals surface area contributed by atoms with E-state index in [1.165, 1.54) is 5.56 Å². The zero-order valence-corrected chi connectivity index (χ0v) is 23.6. The summed E-state index contributed by atoms with van der Waals surface area (Å²) in [6.07, 6.45) is 0.878. The summed E-state index contributed by atoms with van der Waals surface area (Å²) in [6.45, 7) is 0.402. The van der Waals surface area contributed by atoms with Crippen LogP contribution < -0.4 is 16.0 Å². The molecule has 0 radical (unpaired) electrons. The fourth-order valence-corrected chi connectivity index (χ4v) is 5.15. The van der Waals surface area contributed by atoms with Crippen molar-refractivity contribution in [2.24, 2.45) is 5.92 Å².